The largest absolute Gasteiger partial charge is 0.504 e. The predicted molar refractivity (Wildman–Crippen MR) is 46.0 cm³/mol. The molecule has 2 aliphatic carbocycles. The number of hydrogen-bond acceptors (Lipinski definition) is 3. The topological polar surface area (TPSA) is 54.4 Å². The van der Waals surface area contributed by atoms with Crippen LogP contribution in [0.3, 0.4) is 0 Å². The van der Waals surface area contributed by atoms with Crippen molar-refractivity contribution in [1.82, 2.24) is 0 Å². The molecule has 0 fully saturated rings. The first-order valence-electron chi connectivity index (χ1n) is 3.77. The fourth-order valence-corrected chi connectivity index (χ4v) is 1.24. The second-order valence-electron chi connectivity index (χ2n) is 2.83. The number of hydrogen-bond donors (Lipinski definition) is 1. The van der Waals surface area contributed by atoms with Gasteiger partial charge >= 0.3 is 0 Å². The molecule has 0 saturated carbocycles. The molecule has 64 valence electrons. The van der Waals surface area contributed by atoms with Gasteiger partial charge in [0.15, 0.2) is 11.5 Å². The summed E-state index contributed by atoms with van der Waals surface area (Å²) in [6, 6.07) is 0. The predicted octanol–water partition coefficient (Wildman–Crippen LogP) is 1.00. The quantitative estimate of drug-likeness (QED) is 0.596. The Balaban J connectivity index is 2.51. The molecule has 0 spiro atoms. The number of aliphatic hydroxyl groups excluding tert-OH is 1. The Morgan fingerprint density at radius 2 is 1.69 bits per heavy atom. The van der Waals surface area contributed by atoms with E-state index in [9.17, 15) is 9.59 Å². The summed E-state index contributed by atoms with van der Waals surface area (Å²) in [5.41, 5.74) is 1.26. The Kier molecular flexibility index (Phi) is 1.52. The molecule has 0 heterocycles. The van der Waals surface area contributed by atoms with Gasteiger partial charge in [-0.25, -0.2) is 0 Å². The van der Waals surface area contributed by atoms with Crippen molar-refractivity contribution < 1.29 is 14.7 Å². The number of aliphatic hydroxyl groups is 1. The third-order valence-electron chi connectivity index (χ3n) is 1.89. The second kappa shape index (κ2) is 2.55. The summed E-state index contributed by atoms with van der Waals surface area (Å²) in [5, 5.41) is 9.09. The first kappa shape index (κ1) is 7.73. The van der Waals surface area contributed by atoms with Crippen molar-refractivity contribution in [3.63, 3.8) is 0 Å². The molecule has 0 unspecified atom stereocenters. The lowest BCUT2D eigenvalue weighted by Crippen LogP contribution is -2.09. The van der Waals surface area contributed by atoms with Crippen LogP contribution in [0.4, 0.5) is 0 Å². The number of rotatable bonds is 0. The molecule has 0 aromatic heterocycles. The molecule has 0 aromatic carbocycles. The highest BCUT2D eigenvalue weighted by molar-refractivity contribution is 6.09. The maximum atomic E-state index is 11.0. The zero-order valence-corrected chi connectivity index (χ0v) is 6.65. The van der Waals surface area contributed by atoms with E-state index < -0.39 is 5.78 Å². The van der Waals surface area contributed by atoms with Crippen LogP contribution in [0.15, 0.2) is 47.3 Å². The Labute approximate surface area is 74.4 Å². The van der Waals surface area contributed by atoms with Crippen molar-refractivity contribution in [2.24, 2.45) is 0 Å². The monoisotopic (exact) mass is 174 g/mol. The van der Waals surface area contributed by atoms with Crippen LogP contribution >= 0.6 is 0 Å². The Morgan fingerprint density at radius 3 is 2.46 bits per heavy atom. The van der Waals surface area contributed by atoms with Gasteiger partial charge in [-0.2, -0.15) is 0 Å². The first-order valence-corrected chi connectivity index (χ1v) is 3.77. The Hall–Kier alpha value is -1.90. The summed E-state index contributed by atoms with van der Waals surface area (Å²) in [6.07, 6.45) is 6.95. The number of carbonyl (C=O) groups is 2. The average Bonchev–Trinajstić information content (AvgIpc) is 2.08. The van der Waals surface area contributed by atoms with Gasteiger partial charge in [-0.3, -0.25) is 9.59 Å². The van der Waals surface area contributed by atoms with Crippen LogP contribution in [0.25, 0.3) is 0 Å². The summed E-state index contributed by atoms with van der Waals surface area (Å²) >= 11 is 0. The van der Waals surface area contributed by atoms with Crippen LogP contribution < -0.4 is 0 Å². The van der Waals surface area contributed by atoms with Crippen molar-refractivity contribution in [2.75, 3.05) is 0 Å². The van der Waals surface area contributed by atoms with Crippen molar-refractivity contribution in [2.45, 2.75) is 0 Å². The summed E-state index contributed by atoms with van der Waals surface area (Å²) in [6.45, 7) is 0. The van der Waals surface area contributed by atoms with Gasteiger partial charge in [0.1, 0.15) is 0 Å². The molecule has 3 nitrogen and oxygen atoms in total. The van der Waals surface area contributed by atoms with Crippen LogP contribution in [0.1, 0.15) is 0 Å². The Bertz CT molecular complexity index is 419. The number of carbonyl (C=O) groups excluding carboxylic acids is 2. The van der Waals surface area contributed by atoms with Crippen molar-refractivity contribution in [1.29, 1.82) is 0 Å². The van der Waals surface area contributed by atoms with E-state index >= 15 is 0 Å². The molecule has 0 amide bonds. The van der Waals surface area contributed by atoms with E-state index in [2.05, 4.69) is 0 Å². The van der Waals surface area contributed by atoms with Crippen LogP contribution in [0.5, 0.6) is 0 Å². The van der Waals surface area contributed by atoms with Crippen molar-refractivity contribution in [3.8, 4) is 0 Å². The molecule has 0 radical (unpaired) electrons. The molecule has 0 bridgehead atoms. The number of fused-ring (bicyclic) bond motifs is 1. The third kappa shape index (κ3) is 1.24. The molecular weight excluding hydrogens is 168 g/mol. The molecule has 0 atom stereocenters. The van der Waals surface area contributed by atoms with E-state index in [1.807, 2.05) is 0 Å². The van der Waals surface area contributed by atoms with E-state index in [-0.39, 0.29) is 11.5 Å². The van der Waals surface area contributed by atoms with E-state index in [4.69, 9.17) is 5.11 Å². The molecule has 2 rings (SSSR count). The molecule has 2 aliphatic rings. The van der Waals surface area contributed by atoms with E-state index in [0.717, 1.165) is 0 Å². The molecule has 0 aliphatic heterocycles. The van der Waals surface area contributed by atoms with Gasteiger partial charge in [-0.15, -0.1) is 0 Å². The maximum absolute atomic E-state index is 11.0. The number of allylic oxidation sites excluding steroid dienone is 7. The zero-order valence-electron chi connectivity index (χ0n) is 6.65. The lowest BCUT2D eigenvalue weighted by Gasteiger charge is -2.11. The first-order chi connectivity index (χ1) is 6.16. The summed E-state index contributed by atoms with van der Waals surface area (Å²) in [7, 11) is 0. The van der Waals surface area contributed by atoms with Gasteiger partial charge in [0.25, 0.3) is 0 Å². The van der Waals surface area contributed by atoms with E-state index in [1.54, 1.807) is 6.08 Å². The third-order valence-corrected chi connectivity index (χ3v) is 1.89. The van der Waals surface area contributed by atoms with Gasteiger partial charge in [0.2, 0.25) is 5.78 Å². The highest BCUT2D eigenvalue weighted by Gasteiger charge is 2.17. The smallest absolute Gasteiger partial charge is 0.220 e. The lowest BCUT2D eigenvalue weighted by atomic mass is 9.93. The fourth-order valence-electron chi connectivity index (χ4n) is 1.24. The van der Waals surface area contributed by atoms with E-state index in [0.29, 0.717) is 11.1 Å². The molecular formula is C10H6O3. The van der Waals surface area contributed by atoms with Crippen molar-refractivity contribution >= 4 is 11.6 Å². The van der Waals surface area contributed by atoms with Gasteiger partial charge in [-0.1, -0.05) is 6.08 Å². The molecule has 13 heavy (non-hydrogen) atoms. The van der Waals surface area contributed by atoms with Gasteiger partial charge in [0, 0.05) is 0 Å². The summed E-state index contributed by atoms with van der Waals surface area (Å²) in [4.78, 5) is 21.9. The van der Waals surface area contributed by atoms with Crippen molar-refractivity contribution in [3.05, 3.63) is 47.3 Å². The molecule has 1 N–H and O–H groups in total. The van der Waals surface area contributed by atoms with Gasteiger partial charge < -0.3 is 5.11 Å². The van der Waals surface area contributed by atoms with Crippen LogP contribution in [-0.4, -0.2) is 16.7 Å². The minimum absolute atomic E-state index is 0.134. The SMILES string of the molecule is O=C1C=CC2=CC(=O)C(O)=CC2=C1. The second-order valence-corrected chi connectivity index (χ2v) is 2.83. The standard InChI is InChI=1S/C10H6O3/c11-8-2-1-6-4-9(12)10(13)5-7(6)3-8/h1-5,13H. The lowest BCUT2D eigenvalue weighted by molar-refractivity contribution is -0.114. The molecule has 0 saturated heterocycles. The van der Waals surface area contributed by atoms with Gasteiger partial charge in [-0.05, 0) is 35.5 Å². The fraction of sp³-hybridized carbons (Fsp3) is 0. The van der Waals surface area contributed by atoms with Crippen LogP contribution in [0.2, 0.25) is 0 Å². The minimum Gasteiger partial charge on any atom is -0.504 e. The average molecular weight is 174 g/mol. The molecule has 3 heteroatoms. The van der Waals surface area contributed by atoms with Crippen LogP contribution in [0, 0.1) is 0 Å². The summed E-state index contributed by atoms with van der Waals surface area (Å²) < 4.78 is 0. The highest BCUT2D eigenvalue weighted by atomic mass is 16.3. The summed E-state index contributed by atoms with van der Waals surface area (Å²) in [5.74, 6) is -0.880. The molecule has 0 aromatic rings. The minimum atomic E-state index is -0.425. The number of ketones is 2. The highest BCUT2D eigenvalue weighted by Crippen LogP contribution is 2.23. The van der Waals surface area contributed by atoms with Crippen LogP contribution in [-0.2, 0) is 9.59 Å². The zero-order chi connectivity index (χ0) is 9.42. The van der Waals surface area contributed by atoms with E-state index in [1.165, 1.54) is 24.3 Å². The Morgan fingerprint density at radius 1 is 0.923 bits per heavy atom. The van der Waals surface area contributed by atoms with Gasteiger partial charge in [0.05, 0.1) is 0 Å². The normalized spacial score (nSPS) is 20.5. The maximum Gasteiger partial charge on any atom is 0.220 e.